The Hall–Kier alpha value is -3.05. The second-order valence-electron chi connectivity index (χ2n) is 4.78. The van der Waals surface area contributed by atoms with Crippen molar-refractivity contribution >= 4 is 27.3 Å². The number of benzene rings is 2. The molecule has 0 aliphatic heterocycles. The number of ether oxygens (including phenoxy) is 1. The van der Waals surface area contributed by atoms with Crippen LogP contribution in [-0.2, 0) is 14.8 Å². The fraction of sp³-hybridized carbons (Fsp3) is 0.0714. The first kappa shape index (κ1) is 18.3. The molecule has 0 saturated heterocycles. The Morgan fingerprint density at radius 3 is 2.60 bits per heavy atom. The van der Waals surface area contributed by atoms with Crippen LogP contribution in [0.15, 0.2) is 47.4 Å². The maximum Gasteiger partial charge on any atom is 0.272 e. The zero-order valence-electron chi connectivity index (χ0n) is 12.5. The average molecular weight is 369 g/mol. The van der Waals surface area contributed by atoms with Gasteiger partial charge in [0.2, 0.25) is 10.0 Å². The van der Waals surface area contributed by atoms with Gasteiger partial charge in [-0.25, -0.2) is 17.9 Å². The number of non-ortho nitro benzene ring substituents is 1. The highest BCUT2D eigenvalue weighted by molar-refractivity contribution is 7.89. The first-order chi connectivity index (χ1) is 11.7. The quantitative estimate of drug-likeness (QED) is 0.582. The molecule has 0 spiro atoms. The number of rotatable bonds is 6. The average Bonchev–Trinajstić information content (AvgIpc) is 2.53. The van der Waals surface area contributed by atoms with E-state index in [-0.39, 0.29) is 16.3 Å². The lowest BCUT2D eigenvalue weighted by molar-refractivity contribution is -0.385. The molecule has 0 atom stereocenters. The van der Waals surface area contributed by atoms with Gasteiger partial charge in [0.05, 0.1) is 15.9 Å². The van der Waals surface area contributed by atoms with Crippen LogP contribution in [-0.4, -0.2) is 25.9 Å². The molecule has 3 N–H and O–H groups in total. The van der Waals surface area contributed by atoms with Crippen molar-refractivity contribution in [3.8, 4) is 5.75 Å². The number of carbonyl (C=O) groups excluding carboxylic acids is 1. The zero-order valence-corrected chi connectivity index (χ0v) is 13.3. The second-order valence-corrected chi connectivity index (χ2v) is 6.34. The van der Waals surface area contributed by atoms with E-state index >= 15 is 0 Å². The number of hydrogen-bond donors (Lipinski definition) is 2. The van der Waals surface area contributed by atoms with E-state index in [9.17, 15) is 27.7 Å². The van der Waals surface area contributed by atoms with E-state index in [2.05, 4.69) is 5.32 Å². The first-order valence-corrected chi connectivity index (χ1v) is 8.21. The van der Waals surface area contributed by atoms with Gasteiger partial charge in [-0.15, -0.1) is 0 Å². The van der Waals surface area contributed by atoms with Gasteiger partial charge in [0.15, 0.2) is 18.2 Å². The third-order valence-electron chi connectivity index (χ3n) is 2.93. The molecule has 25 heavy (non-hydrogen) atoms. The predicted octanol–water partition coefficient (Wildman–Crippen LogP) is 1.40. The van der Waals surface area contributed by atoms with Crippen molar-refractivity contribution in [2.45, 2.75) is 4.90 Å². The molecular weight excluding hydrogens is 357 g/mol. The number of nitro groups is 1. The van der Waals surface area contributed by atoms with Gasteiger partial charge in [-0.2, -0.15) is 0 Å². The topological polar surface area (TPSA) is 142 Å². The molecular formula is C14H12FN3O6S. The van der Waals surface area contributed by atoms with Crippen LogP contribution in [0.2, 0.25) is 0 Å². The van der Waals surface area contributed by atoms with Gasteiger partial charge in [0.25, 0.3) is 11.6 Å². The molecule has 0 radical (unpaired) electrons. The third kappa shape index (κ3) is 4.96. The van der Waals surface area contributed by atoms with E-state index in [4.69, 9.17) is 9.88 Å². The van der Waals surface area contributed by atoms with Crippen molar-refractivity contribution in [2.24, 2.45) is 5.14 Å². The fourth-order valence-corrected chi connectivity index (χ4v) is 2.37. The first-order valence-electron chi connectivity index (χ1n) is 6.66. The van der Waals surface area contributed by atoms with Crippen molar-refractivity contribution < 1.29 is 27.3 Å². The smallest absolute Gasteiger partial charge is 0.272 e. The number of hydrogen-bond acceptors (Lipinski definition) is 6. The second kappa shape index (κ2) is 7.23. The van der Waals surface area contributed by atoms with Crippen LogP contribution in [0.4, 0.5) is 15.8 Å². The number of nitrogens with two attached hydrogens (primary N) is 1. The van der Waals surface area contributed by atoms with E-state index in [0.717, 1.165) is 18.2 Å². The minimum absolute atomic E-state index is 0.157. The van der Waals surface area contributed by atoms with E-state index < -0.39 is 39.0 Å². The van der Waals surface area contributed by atoms with Gasteiger partial charge in [0.1, 0.15) is 0 Å². The number of sulfonamides is 1. The number of anilines is 1. The van der Waals surface area contributed by atoms with E-state index in [1.54, 1.807) is 0 Å². The van der Waals surface area contributed by atoms with Crippen molar-refractivity contribution in [3.05, 3.63) is 58.4 Å². The summed E-state index contributed by atoms with van der Waals surface area (Å²) in [4.78, 5) is 21.3. The van der Waals surface area contributed by atoms with Gasteiger partial charge in [0, 0.05) is 11.8 Å². The summed E-state index contributed by atoms with van der Waals surface area (Å²) in [6.45, 7) is -0.589. The molecule has 2 aromatic carbocycles. The molecule has 0 fully saturated rings. The lowest BCUT2D eigenvalue weighted by Crippen LogP contribution is -2.21. The summed E-state index contributed by atoms with van der Waals surface area (Å²) in [5, 5.41) is 17.9. The highest BCUT2D eigenvalue weighted by Crippen LogP contribution is 2.22. The van der Waals surface area contributed by atoms with Crippen molar-refractivity contribution in [2.75, 3.05) is 11.9 Å². The molecule has 2 rings (SSSR count). The Kier molecular flexibility index (Phi) is 5.29. The largest absolute Gasteiger partial charge is 0.481 e. The van der Waals surface area contributed by atoms with E-state index in [1.165, 1.54) is 18.2 Å². The minimum Gasteiger partial charge on any atom is -0.481 e. The standard InChI is InChI=1S/C14H12FN3O6S/c15-12-7-10(18(20)21)4-5-13(12)24-8-14(19)17-9-2-1-3-11(6-9)25(16,22)23/h1-7H,8H2,(H,17,19)(H2,16,22,23). The monoisotopic (exact) mass is 369 g/mol. The van der Waals surface area contributed by atoms with E-state index in [0.29, 0.717) is 6.07 Å². The van der Waals surface area contributed by atoms with Gasteiger partial charge in [-0.3, -0.25) is 14.9 Å². The van der Waals surface area contributed by atoms with Crippen molar-refractivity contribution in [1.82, 2.24) is 0 Å². The molecule has 0 aliphatic rings. The summed E-state index contributed by atoms with van der Waals surface area (Å²) in [7, 11) is -3.92. The summed E-state index contributed by atoms with van der Waals surface area (Å²) >= 11 is 0. The molecule has 9 nitrogen and oxygen atoms in total. The Balaban J connectivity index is 2.01. The molecule has 1 amide bonds. The van der Waals surface area contributed by atoms with E-state index in [1.807, 2.05) is 0 Å². The van der Waals surface area contributed by atoms with Crippen LogP contribution in [0.3, 0.4) is 0 Å². The van der Waals surface area contributed by atoms with Crippen molar-refractivity contribution in [3.63, 3.8) is 0 Å². The SMILES string of the molecule is NS(=O)(=O)c1cccc(NC(=O)COc2ccc([N+](=O)[O-])cc2F)c1. The highest BCUT2D eigenvalue weighted by atomic mass is 32.2. The third-order valence-corrected chi connectivity index (χ3v) is 3.84. The number of nitrogens with zero attached hydrogens (tertiary/aromatic N) is 1. The van der Waals surface area contributed by atoms with Crippen LogP contribution < -0.4 is 15.2 Å². The van der Waals surface area contributed by atoms with Crippen molar-refractivity contribution in [1.29, 1.82) is 0 Å². The summed E-state index contributed by atoms with van der Waals surface area (Å²) in [6, 6.07) is 7.95. The number of nitrogens with one attached hydrogen (secondary N) is 1. The molecule has 0 aromatic heterocycles. The lowest BCUT2D eigenvalue weighted by atomic mass is 10.3. The number of amides is 1. The zero-order chi connectivity index (χ0) is 18.6. The van der Waals surface area contributed by atoms with Gasteiger partial charge < -0.3 is 10.1 Å². The predicted molar refractivity (Wildman–Crippen MR) is 85.0 cm³/mol. The molecule has 0 aliphatic carbocycles. The number of carbonyl (C=O) groups is 1. The summed E-state index contributed by atoms with van der Waals surface area (Å²) in [6.07, 6.45) is 0. The van der Waals surface area contributed by atoms with Crippen LogP contribution in [0, 0.1) is 15.9 Å². The van der Waals surface area contributed by atoms with Crippen LogP contribution in [0.1, 0.15) is 0 Å². The maximum absolute atomic E-state index is 13.6. The minimum atomic E-state index is -3.92. The fourth-order valence-electron chi connectivity index (χ4n) is 1.81. The summed E-state index contributed by atoms with van der Waals surface area (Å²) < 4.78 is 41.1. The molecule has 0 bridgehead atoms. The Labute approximate surface area is 141 Å². The number of nitro benzene ring substituents is 1. The van der Waals surface area contributed by atoms with Crippen LogP contribution in [0.5, 0.6) is 5.75 Å². The maximum atomic E-state index is 13.6. The van der Waals surface area contributed by atoms with Gasteiger partial charge >= 0.3 is 0 Å². The molecule has 11 heteroatoms. The Morgan fingerprint density at radius 1 is 1.28 bits per heavy atom. The number of halogens is 1. The normalized spacial score (nSPS) is 11.0. The summed E-state index contributed by atoms with van der Waals surface area (Å²) in [5.74, 6) is -2.01. The highest BCUT2D eigenvalue weighted by Gasteiger charge is 2.13. The van der Waals surface area contributed by atoms with Gasteiger partial charge in [-0.05, 0) is 24.3 Å². The summed E-state index contributed by atoms with van der Waals surface area (Å²) in [5.41, 5.74) is -0.293. The van der Waals surface area contributed by atoms with Crippen LogP contribution >= 0.6 is 0 Å². The lowest BCUT2D eigenvalue weighted by Gasteiger charge is -2.09. The van der Waals surface area contributed by atoms with Crippen LogP contribution in [0.25, 0.3) is 0 Å². The molecule has 0 unspecified atom stereocenters. The number of primary sulfonamides is 1. The molecule has 0 heterocycles. The Bertz CT molecular complexity index is 932. The molecule has 132 valence electrons. The Morgan fingerprint density at radius 2 is 2.00 bits per heavy atom. The molecule has 2 aromatic rings. The molecule has 0 saturated carbocycles. The van der Waals surface area contributed by atoms with Gasteiger partial charge in [-0.1, -0.05) is 6.07 Å².